The zero-order valence-electron chi connectivity index (χ0n) is 19.0. The summed E-state index contributed by atoms with van der Waals surface area (Å²) in [5.74, 6) is 1.89. The molecule has 0 aliphatic rings. The Balaban J connectivity index is 1.54. The molecule has 0 radical (unpaired) electrons. The quantitative estimate of drug-likeness (QED) is 0.334. The topological polar surface area (TPSA) is 111 Å². The Hall–Kier alpha value is -3.21. The van der Waals surface area contributed by atoms with E-state index in [9.17, 15) is 8.42 Å². The predicted octanol–water partition coefficient (Wildman–Crippen LogP) is 3.99. The second kappa shape index (κ2) is 9.96. The van der Waals surface area contributed by atoms with Crippen molar-refractivity contribution in [1.29, 1.82) is 0 Å². The zero-order valence-corrected chi connectivity index (χ0v) is 20.6. The smallest absolute Gasteiger partial charge is 0.240 e. The zero-order chi connectivity index (χ0) is 24.3. The maximum Gasteiger partial charge on any atom is 0.240 e. The van der Waals surface area contributed by atoms with Crippen LogP contribution in [0.4, 0.5) is 5.82 Å². The Morgan fingerprint density at radius 2 is 1.79 bits per heavy atom. The molecule has 0 bridgehead atoms. The van der Waals surface area contributed by atoms with Gasteiger partial charge < -0.3 is 10.1 Å². The highest BCUT2D eigenvalue weighted by molar-refractivity contribution is 7.89. The van der Waals surface area contributed by atoms with E-state index in [1.54, 1.807) is 29.1 Å². The molecule has 4 aromatic rings. The van der Waals surface area contributed by atoms with Crippen LogP contribution in [0.15, 0.2) is 59.6 Å². The van der Waals surface area contributed by atoms with Crippen LogP contribution in [0, 0.1) is 0 Å². The normalized spacial score (nSPS) is 11.8. The highest BCUT2D eigenvalue weighted by Gasteiger charge is 2.17. The van der Waals surface area contributed by atoms with Gasteiger partial charge in [0.15, 0.2) is 5.65 Å². The van der Waals surface area contributed by atoms with Gasteiger partial charge >= 0.3 is 0 Å². The highest BCUT2D eigenvalue weighted by atomic mass is 35.5. The molecule has 0 atom stereocenters. The molecule has 0 aliphatic carbocycles. The Kier molecular flexibility index (Phi) is 7.01. The summed E-state index contributed by atoms with van der Waals surface area (Å²) in [6, 6.07) is 13.6. The van der Waals surface area contributed by atoms with E-state index >= 15 is 0 Å². The Labute approximate surface area is 203 Å². The standard InChI is InChI=1S/C23H25ClN6O3S/c1-15(2)21-28-22(18-14-26-30(23(18)29-21)20-7-5-4-6-19(20)24)25-12-13-27-34(31,32)17-10-8-16(33-3)9-11-17/h4-11,14-15,27H,12-13H2,1-3H3,(H,25,28,29). The van der Waals surface area contributed by atoms with Crippen LogP contribution in [0.3, 0.4) is 0 Å². The molecule has 178 valence electrons. The molecule has 2 N–H and O–H groups in total. The second-order valence-electron chi connectivity index (χ2n) is 7.83. The molecule has 0 saturated heterocycles. The van der Waals surface area contributed by atoms with Crippen LogP contribution in [-0.2, 0) is 10.0 Å². The van der Waals surface area contributed by atoms with E-state index in [0.717, 1.165) is 0 Å². The molecule has 0 fully saturated rings. The summed E-state index contributed by atoms with van der Waals surface area (Å²) in [5.41, 5.74) is 1.33. The number of rotatable bonds is 9. The van der Waals surface area contributed by atoms with Gasteiger partial charge in [0.1, 0.15) is 17.4 Å². The third kappa shape index (κ3) is 4.98. The average Bonchev–Trinajstić information content (AvgIpc) is 3.26. The number of anilines is 1. The van der Waals surface area contributed by atoms with Crippen LogP contribution >= 0.6 is 11.6 Å². The lowest BCUT2D eigenvalue weighted by molar-refractivity contribution is 0.414. The van der Waals surface area contributed by atoms with Gasteiger partial charge in [-0.2, -0.15) is 5.10 Å². The molecule has 9 nitrogen and oxygen atoms in total. The first-order chi connectivity index (χ1) is 16.3. The predicted molar refractivity (Wildman–Crippen MR) is 132 cm³/mol. The first-order valence-corrected chi connectivity index (χ1v) is 12.5. The number of hydrogen-bond acceptors (Lipinski definition) is 7. The van der Waals surface area contributed by atoms with Gasteiger partial charge in [0.25, 0.3) is 0 Å². The fourth-order valence-electron chi connectivity index (χ4n) is 3.32. The van der Waals surface area contributed by atoms with E-state index in [2.05, 4.69) is 20.1 Å². The number of para-hydroxylation sites is 1. The number of methoxy groups -OCH3 is 1. The lowest BCUT2D eigenvalue weighted by atomic mass is 10.2. The average molecular weight is 501 g/mol. The summed E-state index contributed by atoms with van der Waals surface area (Å²) in [6.07, 6.45) is 1.67. The molecule has 2 heterocycles. The molecule has 2 aromatic heterocycles. The van der Waals surface area contributed by atoms with E-state index < -0.39 is 10.0 Å². The fourth-order valence-corrected chi connectivity index (χ4v) is 4.57. The number of fused-ring (bicyclic) bond motifs is 1. The molecule has 0 spiro atoms. The number of ether oxygens (including phenoxy) is 1. The molecule has 0 aliphatic heterocycles. The first-order valence-electron chi connectivity index (χ1n) is 10.7. The van der Waals surface area contributed by atoms with Crippen LogP contribution in [0.25, 0.3) is 16.7 Å². The lowest BCUT2D eigenvalue weighted by Gasteiger charge is -2.12. The second-order valence-corrected chi connectivity index (χ2v) is 10.0. The first kappa shape index (κ1) is 23.9. The lowest BCUT2D eigenvalue weighted by Crippen LogP contribution is -2.29. The van der Waals surface area contributed by atoms with Crippen molar-refractivity contribution in [3.05, 3.63) is 65.6 Å². The van der Waals surface area contributed by atoms with Crippen molar-refractivity contribution in [1.82, 2.24) is 24.5 Å². The van der Waals surface area contributed by atoms with E-state index in [4.69, 9.17) is 21.3 Å². The number of hydrogen-bond donors (Lipinski definition) is 2. The molecule has 4 rings (SSSR count). The van der Waals surface area contributed by atoms with Gasteiger partial charge in [0, 0.05) is 19.0 Å². The monoisotopic (exact) mass is 500 g/mol. The fraction of sp³-hybridized carbons (Fsp3) is 0.261. The van der Waals surface area contributed by atoms with E-state index in [-0.39, 0.29) is 17.4 Å². The van der Waals surface area contributed by atoms with Crippen molar-refractivity contribution in [2.24, 2.45) is 0 Å². The van der Waals surface area contributed by atoms with Gasteiger partial charge in [0.05, 0.1) is 34.3 Å². The number of halogens is 1. The van der Waals surface area contributed by atoms with Crippen LogP contribution in [0.2, 0.25) is 5.02 Å². The number of benzene rings is 2. The van der Waals surface area contributed by atoms with Crippen LogP contribution < -0.4 is 14.8 Å². The van der Waals surface area contributed by atoms with Crippen molar-refractivity contribution in [3.63, 3.8) is 0 Å². The number of nitrogens with zero attached hydrogens (tertiary/aromatic N) is 4. The van der Waals surface area contributed by atoms with Crippen molar-refractivity contribution in [3.8, 4) is 11.4 Å². The number of sulfonamides is 1. The molecular weight excluding hydrogens is 476 g/mol. The van der Waals surface area contributed by atoms with Gasteiger partial charge in [-0.15, -0.1) is 0 Å². The molecule has 0 amide bonds. The largest absolute Gasteiger partial charge is 0.497 e. The van der Waals surface area contributed by atoms with Crippen molar-refractivity contribution in [2.75, 3.05) is 25.5 Å². The van der Waals surface area contributed by atoms with Gasteiger partial charge in [-0.1, -0.05) is 37.6 Å². The third-order valence-electron chi connectivity index (χ3n) is 5.12. The van der Waals surface area contributed by atoms with Gasteiger partial charge in [-0.05, 0) is 36.4 Å². The minimum absolute atomic E-state index is 0.0770. The third-order valence-corrected chi connectivity index (χ3v) is 6.92. The van der Waals surface area contributed by atoms with E-state index in [1.807, 2.05) is 32.0 Å². The summed E-state index contributed by atoms with van der Waals surface area (Å²) in [4.78, 5) is 9.51. The summed E-state index contributed by atoms with van der Waals surface area (Å²) < 4.78 is 34.5. The van der Waals surface area contributed by atoms with Crippen molar-refractivity contribution < 1.29 is 13.2 Å². The van der Waals surface area contributed by atoms with Crippen molar-refractivity contribution in [2.45, 2.75) is 24.7 Å². The SMILES string of the molecule is COc1ccc(S(=O)(=O)NCCNc2nc(C(C)C)nc3c2cnn3-c2ccccc2Cl)cc1. The summed E-state index contributed by atoms with van der Waals surface area (Å²) in [5, 5.41) is 8.96. The maximum atomic E-state index is 12.6. The number of aromatic nitrogens is 4. The van der Waals surface area contributed by atoms with Crippen LogP contribution in [0.5, 0.6) is 5.75 Å². The Morgan fingerprint density at radius 1 is 1.06 bits per heavy atom. The molecule has 11 heteroatoms. The minimum atomic E-state index is -3.65. The van der Waals surface area contributed by atoms with Crippen LogP contribution in [-0.4, -0.2) is 48.4 Å². The van der Waals surface area contributed by atoms with Crippen molar-refractivity contribution >= 4 is 38.5 Å². The van der Waals surface area contributed by atoms with Crippen LogP contribution in [0.1, 0.15) is 25.6 Å². The molecule has 2 aromatic carbocycles. The summed E-state index contributed by atoms with van der Waals surface area (Å²) in [7, 11) is -2.12. The summed E-state index contributed by atoms with van der Waals surface area (Å²) in [6.45, 7) is 4.49. The van der Waals surface area contributed by atoms with Gasteiger partial charge in [-0.25, -0.2) is 27.8 Å². The van der Waals surface area contributed by atoms with E-state index in [1.165, 1.54) is 19.2 Å². The highest BCUT2D eigenvalue weighted by Crippen LogP contribution is 2.27. The Bertz CT molecular complexity index is 1400. The molecule has 34 heavy (non-hydrogen) atoms. The van der Waals surface area contributed by atoms with E-state index in [0.29, 0.717) is 45.7 Å². The summed E-state index contributed by atoms with van der Waals surface area (Å²) >= 11 is 6.38. The molecular formula is C23H25ClN6O3S. The molecule has 0 unspecified atom stereocenters. The van der Waals surface area contributed by atoms with Gasteiger partial charge in [0.2, 0.25) is 10.0 Å². The minimum Gasteiger partial charge on any atom is -0.497 e. The number of nitrogens with one attached hydrogen (secondary N) is 2. The molecule has 0 saturated carbocycles. The maximum absolute atomic E-state index is 12.6. The Morgan fingerprint density at radius 3 is 2.47 bits per heavy atom. The van der Waals surface area contributed by atoms with Gasteiger partial charge in [-0.3, -0.25) is 0 Å².